The van der Waals surface area contributed by atoms with Crippen LogP contribution < -0.4 is 0 Å². The Hall–Kier alpha value is 1.68. The second kappa shape index (κ2) is 15.1. The van der Waals surface area contributed by atoms with Crippen molar-refractivity contribution in [2.24, 2.45) is 0 Å². The average molecular weight is 651 g/mol. The zero-order valence-electron chi connectivity index (χ0n) is 12.9. The van der Waals surface area contributed by atoms with Crippen LogP contribution in [0.5, 0.6) is 0 Å². The third-order valence-corrected chi connectivity index (χ3v) is 9.96. The zero-order chi connectivity index (χ0) is 14.6. The molecule has 0 saturated heterocycles. The first kappa shape index (κ1) is 22.0. The molecule has 4 radical (unpaired) electrons. The van der Waals surface area contributed by atoms with Gasteiger partial charge in [-0.3, -0.25) is 0 Å². The first-order chi connectivity index (χ1) is 8.25. The molecule has 0 aliphatic rings. The van der Waals surface area contributed by atoms with Gasteiger partial charge in [0.2, 0.25) is 0 Å². The summed E-state index contributed by atoms with van der Waals surface area (Å²) >= 11 is -2.24. The van der Waals surface area contributed by atoms with E-state index in [4.69, 9.17) is 10.7 Å². The fourth-order valence-electron chi connectivity index (χ4n) is 0.440. The normalized spacial score (nSPS) is 11.3. The van der Waals surface area contributed by atoms with Crippen LogP contribution in [0.2, 0.25) is 0 Å². The van der Waals surface area contributed by atoms with Crippen LogP contribution in [0.3, 0.4) is 0 Å². The van der Waals surface area contributed by atoms with E-state index < -0.39 is 50.3 Å². The van der Waals surface area contributed by atoms with Crippen molar-refractivity contribution < 1.29 is 10.7 Å². The second-order valence-corrected chi connectivity index (χ2v) is 9.79. The van der Waals surface area contributed by atoms with Gasteiger partial charge in [-0.1, -0.05) is 0 Å². The van der Waals surface area contributed by atoms with Gasteiger partial charge >= 0.3 is 141 Å². The van der Waals surface area contributed by atoms with Crippen LogP contribution in [0, 0.1) is 0 Å². The van der Waals surface area contributed by atoms with Crippen molar-refractivity contribution in [2.45, 2.75) is 79.8 Å². The van der Waals surface area contributed by atoms with Crippen molar-refractivity contribution in [3.05, 3.63) is 0 Å². The summed E-state index contributed by atoms with van der Waals surface area (Å²) in [6.07, 6.45) is 1.42. The molecule has 0 amide bonds. The Morgan fingerprint density at radius 1 is 0.444 bits per heavy atom. The maximum atomic E-state index is 5.32. The second-order valence-electron chi connectivity index (χ2n) is 4.83. The predicted molar refractivity (Wildman–Crippen MR) is 76.4 cm³/mol. The molecule has 0 aliphatic carbocycles. The van der Waals surface area contributed by atoms with Crippen molar-refractivity contribution in [1.82, 2.24) is 0 Å². The minimum atomic E-state index is -1.12. The predicted octanol–water partition coefficient (Wildman–Crippen LogP) is 2.74. The van der Waals surface area contributed by atoms with E-state index in [-0.39, 0.29) is 0 Å². The van der Waals surface area contributed by atoms with Crippen LogP contribution in [-0.4, -0.2) is 74.7 Å². The van der Waals surface area contributed by atoms with Crippen LogP contribution in [0.15, 0.2) is 0 Å². The number of hydrogen-bond acceptors (Lipinski definition) is 4. The van der Waals surface area contributed by atoms with E-state index in [0.717, 1.165) is 0 Å². The molecular weight excluding hydrogens is 623 g/mol. The Labute approximate surface area is 140 Å². The van der Waals surface area contributed by atoms with E-state index in [1.807, 2.05) is 55.4 Å². The molecule has 0 heterocycles. The molecule has 108 valence electrons. The van der Waals surface area contributed by atoms with Crippen molar-refractivity contribution in [2.75, 3.05) is 0 Å². The monoisotopic (exact) mass is 652 g/mol. The Kier molecular flexibility index (Phi) is 18.4. The average Bonchev–Trinajstić information content (AvgIpc) is 2.15. The van der Waals surface area contributed by atoms with Crippen LogP contribution in [-0.2, 0) is 10.7 Å². The van der Waals surface area contributed by atoms with E-state index in [9.17, 15) is 0 Å². The quantitative estimate of drug-likeness (QED) is 0.379. The molecule has 0 atom stereocenters. The van der Waals surface area contributed by atoms with Crippen molar-refractivity contribution in [1.29, 1.82) is 0 Å². The van der Waals surface area contributed by atoms with Crippen LogP contribution in [0.25, 0.3) is 0 Å². The fourth-order valence-corrected chi connectivity index (χ4v) is 3.86. The summed E-state index contributed by atoms with van der Waals surface area (Å²) in [5, 5.41) is 0. The van der Waals surface area contributed by atoms with Gasteiger partial charge in [0.15, 0.2) is 0 Å². The Morgan fingerprint density at radius 2 is 0.611 bits per heavy atom. The number of hydrogen-bond donors (Lipinski definition) is 0. The van der Waals surface area contributed by atoms with E-state index in [2.05, 4.69) is 0 Å². The first-order valence-electron chi connectivity index (χ1n) is 6.38. The fraction of sp³-hybridized carbons (Fsp3) is 1.00. The van der Waals surface area contributed by atoms with Crippen LogP contribution >= 0.6 is 0 Å². The molecule has 0 aromatic carbocycles. The summed E-state index contributed by atoms with van der Waals surface area (Å²) in [7, 11) is 0. The van der Waals surface area contributed by atoms with Crippen molar-refractivity contribution in [3.8, 4) is 0 Å². The molecule has 18 heavy (non-hydrogen) atoms. The number of rotatable bonds is 8. The third kappa shape index (κ3) is 26.3. The van der Waals surface area contributed by atoms with Gasteiger partial charge in [0.25, 0.3) is 0 Å². The van der Waals surface area contributed by atoms with Gasteiger partial charge in [-0.05, 0) is 0 Å². The summed E-state index contributed by atoms with van der Waals surface area (Å²) in [6.45, 7) is 16.3. The van der Waals surface area contributed by atoms with E-state index in [1.165, 1.54) is 0 Å². The van der Waals surface area contributed by atoms with Crippen LogP contribution in [0.1, 0.15) is 55.4 Å². The summed E-state index contributed by atoms with van der Waals surface area (Å²) in [5.41, 5.74) is 0. The van der Waals surface area contributed by atoms with Crippen molar-refractivity contribution in [3.63, 3.8) is 0 Å². The molecule has 0 rings (SSSR count). The molecule has 4 nitrogen and oxygen atoms in total. The molecule has 0 aromatic heterocycles. The van der Waals surface area contributed by atoms with Gasteiger partial charge in [-0.25, -0.2) is 0 Å². The molecular formula is C12H28O4Pb2. The van der Waals surface area contributed by atoms with Gasteiger partial charge in [0.1, 0.15) is 0 Å². The third-order valence-electron chi connectivity index (χ3n) is 1.14. The molecule has 6 heteroatoms. The summed E-state index contributed by atoms with van der Waals surface area (Å²) in [4.78, 5) is 0. The van der Waals surface area contributed by atoms with Crippen molar-refractivity contribution >= 4 is 50.3 Å². The molecule has 0 aromatic rings. The molecule has 0 unspecified atom stereocenters. The SMILES string of the molecule is CC(C)[O][Pb][O]C(C)C.CC(C)[O][Pb][O]C(C)C. The van der Waals surface area contributed by atoms with Gasteiger partial charge in [0.05, 0.1) is 0 Å². The minimum absolute atomic E-state index is 0.354. The van der Waals surface area contributed by atoms with E-state index in [0.29, 0.717) is 24.4 Å². The van der Waals surface area contributed by atoms with Gasteiger partial charge in [0, 0.05) is 0 Å². The maximum absolute atomic E-state index is 5.32. The zero-order valence-corrected chi connectivity index (χ0v) is 20.7. The summed E-state index contributed by atoms with van der Waals surface area (Å²) in [6, 6.07) is 0. The van der Waals surface area contributed by atoms with Gasteiger partial charge < -0.3 is 0 Å². The Bertz CT molecular complexity index is 130. The Balaban J connectivity index is 0. The standard InChI is InChI=1S/4C3H7O.2Pb/c4*1-3(2)4;;/h4*3H,1-2H3;;/q4*-1;2*+2. The topological polar surface area (TPSA) is 36.9 Å². The summed E-state index contributed by atoms with van der Waals surface area (Å²) < 4.78 is 21.3. The molecule has 0 fully saturated rings. The summed E-state index contributed by atoms with van der Waals surface area (Å²) in [5.74, 6) is 0. The molecule has 0 spiro atoms. The Morgan fingerprint density at radius 3 is 0.722 bits per heavy atom. The van der Waals surface area contributed by atoms with E-state index >= 15 is 0 Å². The van der Waals surface area contributed by atoms with Crippen LogP contribution in [0.4, 0.5) is 0 Å². The molecule has 0 saturated carbocycles. The molecule has 0 N–H and O–H groups in total. The first-order valence-corrected chi connectivity index (χ1v) is 12.7. The van der Waals surface area contributed by atoms with Gasteiger partial charge in [-0.15, -0.1) is 0 Å². The molecule has 0 aliphatic heterocycles. The molecule has 0 bridgehead atoms. The van der Waals surface area contributed by atoms with E-state index in [1.54, 1.807) is 0 Å². The van der Waals surface area contributed by atoms with Gasteiger partial charge in [-0.2, -0.15) is 0 Å².